The van der Waals surface area contributed by atoms with E-state index in [0.717, 1.165) is 22.8 Å². The van der Waals surface area contributed by atoms with Crippen LogP contribution >= 0.6 is 0 Å². The molecule has 3 aromatic heterocycles. The molecule has 0 amide bonds. The van der Waals surface area contributed by atoms with Crippen molar-refractivity contribution in [2.75, 3.05) is 20.3 Å². The fraction of sp³-hybridized carbons (Fsp3) is 0.381. The third kappa shape index (κ3) is 2.85. The molecule has 0 aliphatic rings. The van der Waals surface area contributed by atoms with E-state index in [1.54, 1.807) is 7.05 Å². The normalized spacial score (nSPS) is 11.6. The molecule has 0 fully saturated rings. The maximum Gasteiger partial charge on any atom is 0.332 e. The molecule has 4 aromatic rings. The number of aromatic nitrogens is 5. The summed E-state index contributed by atoms with van der Waals surface area (Å²) in [6, 6.07) is 7.71. The van der Waals surface area contributed by atoms with Gasteiger partial charge in [0, 0.05) is 31.2 Å². The number of hydrogen-bond donors (Lipinski definition) is 0. The third-order valence-corrected chi connectivity index (χ3v) is 5.44. The van der Waals surface area contributed by atoms with Crippen molar-refractivity contribution < 1.29 is 9.47 Å². The van der Waals surface area contributed by atoms with Crippen molar-refractivity contribution >= 4 is 16.9 Å². The van der Waals surface area contributed by atoms with Gasteiger partial charge in [0.25, 0.3) is 5.56 Å². The van der Waals surface area contributed by atoms with E-state index >= 15 is 0 Å². The second-order valence-corrected chi connectivity index (χ2v) is 7.14. The molecule has 3 heterocycles. The van der Waals surface area contributed by atoms with Crippen LogP contribution in [0.2, 0.25) is 0 Å². The number of benzene rings is 1. The number of methoxy groups -OCH3 is 1. The SMILES string of the molecule is CCOc1ccc(-n2c(C)c(C)n3c4c(=O)n(CCOC)c(=O)n(C)c4nc23)cc1. The number of aryl methyl sites for hydroxylation is 2. The summed E-state index contributed by atoms with van der Waals surface area (Å²) in [6.07, 6.45) is 0. The third-order valence-electron chi connectivity index (χ3n) is 5.44. The van der Waals surface area contributed by atoms with Crippen LogP contribution < -0.4 is 16.0 Å². The lowest BCUT2D eigenvalue weighted by Gasteiger charge is -2.09. The van der Waals surface area contributed by atoms with Crippen LogP contribution in [0.1, 0.15) is 18.3 Å². The van der Waals surface area contributed by atoms with Gasteiger partial charge in [-0.25, -0.2) is 4.79 Å². The van der Waals surface area contributed by atoms with Gasteiger partial charge >= 0.3 is 5.69 Å². The van der Waals surface area contributed by atoms with Gasteiger partial charge < -0.3 is 9.47 Å². The highest BCUT2D eigenvalue weighted by molar-refractivity contribution is 5.77. The van der Waals surface area contributed by atoms with Gasteiger partial charge in [0.05, 0.1) is 19.8 Å². The summed E-state index contributed by atoms with van der Waals surface area (Å²) in [4.78, 5) is 30.6. The number of rotatable bonds is 6. The lowest BCUT2D eigenvalue weighted by Crippen LogP contribution is -2.40. The number of imidazole rings is 2. The minimum Gasteiger partial charge on any atom is -0.494 e. The first-order chi connectivity index (χ1) is 14.4. The molecule has 0 aliphatic carbocycles. The van der Waals surface area contributed by atoms with E-state index in [0.29, 0.717) is 23.5 Å². The summed E-state index contributed by atoms with van der Waals surface area (Å²) in [5.41, 5.74) is 2.70. The molecule has 0 spiro atoms. The second kappa shape index (κ2) is 7.49. The molecule has 0 aliphatic heterocycles. The molecule has 1 aromatic carbocycles. The predicted octanol–water partition coefficient (Wildman–Crippen LogP) is 1.80. The van der Waals surface area contributed by atoms with E-state index < -0.39 is 5.69 Å². The van der Waals surface area contributed by atoms with Gasteiger partial charge in [-0.15, -0.1) is 0 Å². The molecular weight excluding hydrogens is 386 g/mol. The monoisotopic (exact) mass is 411 g/mol. The van der Waals surface area contributed by atoms with Crippen LogP contribution in [0.4, 0.5) is 0 Å². The number of ether oxygens (including phenoxy) is 2. The number of nitrogens with zero attached hydrogens (tertiary/aromatic N) is 5. The smallest absolute Gasteiger partial charge is 0.332 e. The van der Waals surface area contributed by atoms with Gasteiger partial charge in [-0.05, 0) is 45.0 Å². The summed E-state index contributed by atoms with van der Waals surface area (Å²) < 4.78 is 17.0. The average molecular weight is 411 g/mol. The van der Waals surface area contributed by atoms with Crippen molar-refractivity contribution in [2.45, 2.75) is 27.3 Å². The summed E-state index contributed by atoms with van der Waals surface area (Å²) >= 11 is 0. The standard InChI is InChI=1S/C21H25N5O4/c1-6-30-16-9-7-15(8-10-16)25-13(2)14(3)26-17-18(22-20(25)26)23(4)21(28)24(19(17)27)11-12-29-5/h7-10H,6,11-12H2,1-5H3. The number of fused-ring (bicyclic) bond motifs is 3. The van der Waals surface area contributed by atoms with Crippen molar-refractivity contribution in [3.8, 4) is 11.4 Å². The molecule has 0 saturated carbocycles. The van der Waals surface area contributed by atoms with Gasteiger partial charge in [0.1, 0.15) is 5.75 Å². The highest BCUT2D eigenvalue weighted by Gasteiger charge is 2.23. The Morgan fingerprint density at radius 2 is 1.77 bits per heavy atom. The highest BCUT2D eigenvalue weighted by atomic mass is 16.5. The summed E-state index contributed by atoms with van der Waals surface area (Å²) in [5.74, 6) is 1.37. The van der Waals surface area contributed by atoms with E-state index in [4.69, 9.17) is 9.47 Å². The summed E-state index contributed by atoms with van der Waals surface area (Å²) in [7, 11) is 3.17. The molecule has 0 radical (unpaired) electrons. The van der Waals surface area contributed by atoms with Gasteiger partial charge in [-0.3, -0.25) is 22.9 Å². The molecule has 30 heavy (non-hydrogen) atoms. The molecule has 0 bridgehead atoms. The maximum absolute atomic E-state index is 13.2. The quantitative estimate of drug-likeness (QED) is 0.483. The van der Waals surface area contributed by atoms with Gasteiger partial charge in [0.2, 0.25) is 5.78 Å². The Balaban J connectivity index is 2.03. The summed E-state index contributed by atoms with van der Waals surface area (Å²) in [6.45, 7) is 6.92. The molecule has 0 unspecified atom stereocenters. The topological polar surface area (TPSA) is 84.7 Å². The van der Waals surface area contributed by atoms with E-state index in [2.05, 4.69) is 4.98 Å². The highest BCUT2D eigenvalue weighted by Crippen LogP contribution is 2.25. The molecule has 0 saturated heterocycles. The van der Waals surface area contributed by atoms with E-state index in [1.807, 2.05) is 54.0 Å². The second-order valence-electron chi connectivity index (χ2n) is 7.14. The molecule has 9 nitrogen and oxygen atoms in total. The van der Waals surface area contributed by atoms with Crippen LogP contribution in [0.3, 0.4) is 0 Å². The van der Waals surface area contributed by atoms with Gasteiger partial charge in [-0.1, -0.05) is 0 Å². The van der Waals surface area contributed by atoms with Crippen LogP contribution in [-0.4, -0.2) is 43.4 Å². The Bertz CT molecular complexity index is 1360. The zero-order chi connectivity index (χ0) is 21.6. The lowest BCUT2D eigenvalue weighted by molar-refractivity contribution is 0.184. The van der Waals surface area contributed by atoms with Crippen molar-refractivity contribution in [1.29, 1.82) is 0 Å². The van der Waals surface area contributed by atoms with Crippen molar-refractivity contribution in [1.82, 2.24) is 23.1 Å². The Labute approximate surface area is 172 Å². The predicted molar refractivity (Wildman–Crippen MR) is 114 cm³/mol. The van der Waals surface area contributed by atoms with E-state index in [9.17, 15) is 9.59 Å². The zero-order valence-electron chi connectivity index (χ0n) is 17.8. The summed E-state index contributed by atoms with van der Waals surface area (Å²) in [5, 5.41) is 0. The van der Waals surface area contributed by atoms with Crippen molar-refractivity contribution in [3.05, 3.63) is 56.5 Å². The first-order valence-electron chi connectivity index (χ1n) is 9.82. The van der Waals surface area contributed by atoms with Crippen molar-refractivity contribution in [3.63, 3.8) is 0 Å². The Morgan fingerprint density at radius 3 is 2.40 bits per heavy atom. The zero-order valence-corrected chi connectivity index (χ0v) is 17.8. The van der Waals surface area contributed by atoms with Crippen molar-refractivity contribution in [2.24, 2.45) is 7.05 Å². The lowest BCUT2D eigenvalue weighted by atomic mass is 10.3. The van der Waals surface area contributed by atoms with Gasteiger partial charge in [0.15, 0.2) is 11.2 Å². The molecule has 0 N–H and O–H groups in total. The fourth-order valence-electron chi connectivity index (χ4n) is 3.80. The van der Waals surface area contributed by atoms with Crippen LogP contribution in [0.5, 0.6) is 5.75 Å². The Hall–Kier alpha value is -3.33. The van der Waals surface area contributed by atoms with Crippen LogP contribution in [0.25, 0.3) is 22.6 Å². The Morgan fingerprint density at radius 1 is 1.07 bits per heavy atom. The Kier molecular flexibility index (Phi) is 4.98. The van der Waals surface area contributed by atoms with Crippen LogP contribution in [0.15, 0.2) is 33.9 Å². The molecule has 4 rings (SSSR count). The first-order valence-corrected chi connectivity index (χ1v) is 9.82. The fourth-order valence-corrected chi connectivity index (χ4v) is 3.80. The molecule has 0 atom stereocenters. The minimum atomic E-state index is -0.410. The molecule has 158 valence electrons. The molecular formula is C21H25N5O4. The average Bonchev–Trinajstić information content (AvgIpc) is 3.23. The van der Waals surface area contributed by atoms with Crippen LogP contribution in [-0.2, 0) is 18.3 Å². The minimum absolute atomic E-state index is 0.183. The number of hydrogen-bond acceptors (Lipinski definition) is 5. The maximum atomic E-state index is 13.2. The van der Waals surface area contributed by atoms with E-state index in [-0.39, 0.29) is 18.7 Å². The largest absolute Gasteiger partial charge is 0.494 e. The van der Waals surface area contributed by atoms with Crippen LogP contribution in [0, 0.1) is 13.8 Å². The first kappa shape index (κ1) is 20.0. The molecule has 9 heteroatoms. The van der Waals surface area contributed by atoms with E-state index in [1.165, 1.54) is 16.2 Å². The van der Waals surface area contributed by atoms with Gasteiger partial charge in [-0.2, -0.15) is 4.98 Å².